The maximum atomic E-state index is 9.71. The summed E-state index contributed by atoms with van der Waals surface area (Å²) in [4.78, 5) is 0. The van der Waals surface area contributed by atoms with Crippen LogP contribution in [-0.4, -0.2) is 36.8 Å². The summed E-state index contributed by atoms with van der Waals surface area (Å²) in [6.07, 6.45) is -0.384. The molecule has 2 aromatic rings. The van der Waals surface area contributed by atoms with Gasteiger partial charge in [-0.05, 0) is 17.8 Å². The second-order valence-electron chi connectivity index (χ2n) is 4.67. The first-order valence-electron chi connectivity index (χ1n) is 6.55. The molecule has 1 aliphatic heterocycles. The molecule has 0 aliphatic carbocycles. The number of thioether (sulfide) groups is 1. The van der Waals surface area contributed by atoms with Gasteiger partial charge in [0.25, 0.3) is 0 Å². The Morgan fingerprint density at radius 2 is 2.19 bits per heavy atom. The third-order valence-electron chi connectivity index (χ3n) is 3.04. The molecule has 8 heteroatoms. The molecule has 110 valence electrons. The van der Waals surface area contributed by atoms with Gasteiger partial charge in [0.2, 0.25) is 5.95 Å². The summed E-state index contributed by atoms with van der Waals surface area (Å²) in [5.41, 5.74) is 1.15. The fourth-order valence-electron chi connectivity index (χ4n) is 2.01. The smallest absolute Gasteiger partial charge is 0.231 e. The van der Waals surface area contributed by atoms with Gasteiger partial charge >= 0.3 is 0 Å². The van der Waals surface area contributed by atoms with Crippen molar-refractivity contribution < 1.29 is 5.11 Å². The molecular formula is C13H15N5OS2. The number of aromatic nitrogens is 3. The van der Waals surface area contributed by atoms with Gasteiger partial charge < -0.3 is 15.7 Å². The summed E-state index contributed by atoms with van der Waals surface area (Å²) in [5, 5.41) is 25.3. The quantitative estimate of drug-likeness (QED) is 0.734. The molecule has 0 saturated carbocycles. The van der Waals surface area contributed by atoms with E-state index in [4.69, 9.17) is 12.2 Å². The Morgan fingerprint density at radius 1 is 1.38 bits per heavy atom. The highest BCUT2D eigenvalue weighted by molar-refractivity contribution is 7.99. The molecule has 2 heterocycles. The third kappa shape index (κ3) is 3.52. The zero-order chi connectivity index (χ0) is 14.7. The first-order valence-corrected chi connectivity index (χ1v) is 7.94. The lowest BCUT2D eigenvalue weighted by Crippen LogP contribution is -2.31. The number of fused-ring (bicyclic) bond motifs is 1. The van der Waals surface area contributed by atoms with Crippen LogP contribution in [0.25, 0.3) is 0 Å². The molecule has 0 radical (unpaired) electrons. The van der Waals surface area contributed by atoms with Crippen LogP contribution in [0.4, 0.5) is 5.95 Å². The number of hydrogen-bond donors (Lipinski definition) is 3. The zero-order valence-electron chi connectivity index (χ0n) is 11.2. The van der Waals surface area contributed by atoms with E-state index in [0.29, 0.717) is 29.9 Å². The first kappa shape index (κ1) is 14.3. The first-order chi connectivity index (χ1) is 10.2. The molecule has 0 bridgehead atoms. The number of hydrogen-bond acceptors (Lipinski definition) is 5. The minimum Gasteiger partial charge on any atom is -0.390 e. The molecule has 0 unspecified atom stereocenters. The van der Waals surface area contributed by atoms with Gasteiger partial charge in [0, 0.05) is 12.3 Å². The Hall–Kier alpha value is -1.64. The number of nitrogens with one attached hydrogen (secondary N) is 2. The van der Waals surface area contributed by atoms with Crippen LogP contribution in [0, 0.1) is 0 Å². The Labute approximate surface area is 132 Å². The topological polar surface area (TPSA) is 75.0 Å². The van der Waals surface area contributed by atoms with Crippen molar-refractivity contribution in [2.45, 2.75) is 24.3 Å². The van der Waals surface area contributed by atoms with Gasteiger partial charge in [0.1, 0.15) is 0 Å². The molecule has 6 nitrogen and oxygen atoms in total. The molecule has 21 heavy (non-hydrogen) atoms. The van der Waals surface area contributed by atoms with Crippen LogP contribution >= 0.6 is 24.0 Å². The van der Waals surface area contributed by atoms with Gasteiger partial charge in [0.15, 0.2) is 10.3 Å². The van der Waals surface area contributed by atoms with E-state index in [9.17, 15) is 5.11 Å². The van der Waals surface area contributed by atoms with Crippen LogP contribution in [0.1, 0.15) is 5.56 Å². The van der Waals surface area contributed by atoms with Gasteiger partial charge in [-0.2, -0.15) is 0 Å². The summed E-state index contributed by atoms with van der Waals surface area (Å²) >= 11 is 6.75. The Morgan fingerprint density at radius 3 is 3.00 bits per heavy atom. The molecular weight excluding hydrogens is 306 g/mol. The van der Waals surface area contributed by atoms with E-state index in [1.807, 2.05) is 34.9 Å². The van der Waals surface area contributed by atoms with Crippen molar-refractivity contribution in [2.24, 2.45) is 0 Å². The summed E-state index contributed by atoms with van der Waals surface area (Å²) < 4.78 is 1.84. The van der Waals surface area contributed by atoms with Crippen molar-refractivity contribution >= 4 is 35.0 Å². The molecule has 0 fully saturated rings. The number of benzene rings is 1. The van der Waals surface area contributed by atoms with Crippen LogP contribution in [-0.2, 0) is 13.1 Å². The molecule has 1 atom stereocenters. The van der Waals surface area contributed by atoms with Crippen LogP contribution in [0.5, 0.6) is 0 Å². The fraction of sp³-hybridized carbons (Fsp3) is 0.308. The average molecular weight is 321 g/mol. The van der Waals surface area contributed by atoms with E-state index in [-0.39, 0.29) is 6.10 Å². The molecule has 1 aromatic carbocycles. The molecule has 3 rings (SSSR count). The minimum absolute atomic E-state index is 0.384. The Kier molecular flexibility index (Phi) is 4.37. The van der Waals surface area contributed by atoms with E-state index in [0.717, 1.165) is 10.7 Å². The van der Waals surface area contributed by atoms with Gasteiger partial charge in [-0.15, -0.1) is 10.2 Å². The van der Waals surface area contributed by atoms with Gasteiger partial charge in [-0.1, -0.05) is 42.1 Å². The van der Waals surface area contributed by atoms with E-state index < -0.39 is 0 Å². The largest absolute Gasteiger partial charge is 0.390 e. The van der Waals surface area contributed by atoms with Gasteiger partial charge in [0.05, 0.1) is 12.6 Å². The van der Waals surface area contributed by atoms with Gasteiger partial charge in [-0.3, -0.25) is 4.57 Å². The van der Waals surface area contributed by atoms with Crippen molar-refractivity contribution in [1.82, 2.24) is 20.1 Å². The van der Waals surface area contributed by atoms with Crippen LogP contribution < -0.4 is 10.6 Å². The summed E-state index contributed by atoms with van der Waals surface area (Å²) in [6.45, 7) is 1.13. The second kappa shape index (κ2) is 6.42. The van der Waals surface area contributed by atoms with Gasteiger partial charge in [-0.25, -0.2) is 0 Å². The lowest BCUT2D eigenvalue weighted by Gasteiger charge is -2.19. The van der Waals surface area contributed by atoms with Crippen molar-refractivity contribution in [1.29, 1.82) is 0 Å². The molecule has 0 spiro atoms. The minimum atomic E-state index is -0.384. The predicted molar refractivity (Wildman–Crippen MR) is 86.3 cm³/mol. The summed E-state index contributed by atoms with van der Waals surface area (Å²) in [6, 6.07) is 10.0. The van der Waals surface area contributed by atoms with E-state index in [1.165, 1.54) is 11.8 Å². The maximum absolute atomic E-state index is 9.71. The average Bonchev–Trinajstić information content (AvgIpc) is 2.88. The maximum Gasteiger partial charge on any atom is 0.231 e. The Bertz CT molecular complexity index is 631. The number of rotatable bonds is 3. The molecule has 3 N–H and O–H groups in total. The van der Waals surface area contributed by atoms with E-state index in [1.54, 1.807) is 0 Å². The van der Waals surface area contributed by atoms with Crippen molar-refractivity contribution in [3.05, 3.63) is 35.9 Å². The third-order valence-corrected chi connectivity index (χ3v) is 4.39. The molecule has 0 amide bonds. The number of aliphatic hydroxyl groups excluding tert-OH is 1. The number of aliphatic hydroxyl groups is 1. The highest BCUT2D eigenvalue weighted by Gasteiger charge is 2.22. The van der Waals surface area contributed by atoms with Crippen molar-refractivity contribution in [3.63, 3.8) is 0 Å². The SMILES string of the molecule is O[C@H]1CSc2nnc(NC(=S)NCc3ccccc3)n2C1. The number of anilines is 1. The van der Waals surface area contributed by atoms with Crippen LogP contribution in [0.15, 0.2) is 35.5 Å². The summed E-state index contributed by atoms with van der Waals surface area (Å²) in [5.74, 6) is 1.20. The number of thiocarbonyl (C=S) groups is 1. The summed E-state index contributed by atoms with van der Waals surface area (Å²) in [7, 11) is 0. The lowest BCUT2D eigenvalue weighted by molar-refractivity contribution is 0.171. The van der Waals surface area contributed by atoms with Crippen molar-refractivity contribution in [3.8, 4) is 0 Å². The van der Waals surface area contributed by atoms with E-state index in [2.05, 4.69) is 20.8 Å². The molecule has 1 aromatic heterocycles. The highest BCUT2D eigenvalue weighted by atomic mass is 32.2. The lowest BCUT2D eigenvalue weighted by atomic mass is 10.2. The standard InChI is InChI=1S/C13H15N5OS2/c19-10-7-18-11(16-17-13(18)21-8-10)15-12(20)14-6-9-4-2-1-3-5-9/h1-5,10,19H,6-8H2,(H2,14,15,16,20)/t10-/m1/s1. The van der Waals surface area contributed by atoms with E-state index >= 15 is 0 Å². The second-order valence-corrected chi connectivity index (χ2v) is 6.07. The highest BCUT2D eigenvalue weighted by Crippen LogP contribution is 2.25. The number of nitrogens with zero attached hydrogens (tertiary/aromatic N) is 3. The Balaban J connectivity index is 1.59. The normalized spacial score (nSPS) is 17.1. The van der Waals surface area contributed by atoms with Crippen LogP contribution in [0.3, 0.4) is 0 Å². The van der Waals surface area contributed by atoms with Crippen molar-refractivity contribution in [2.75, 3.05) is 11.1 Å². The molecule has 0 saturated heterocycles. The zero-order valence-corrected chi connectivity index (χ0v) is 12.8. The molecule has 1 aliphatic rings. The fourth-order valence-corrected chi connectivity index (χ4v) is 3.04. The van der Waals surface area contributed by atoms with Crippen LogP contribution in [0.2, 0.25) is 0 Å². The monoisotopic (exact) mass is 321 g/mol. The predicted octanol–water partition coefficient (Wildman–Crippen LogP) is 1.23.